The Morgan fingerprint density at radius 2 is 2.19 bits per heavy atom. The van der Waals surface area contributed by atoms with Crippen molar-refractivity contribution in [1.82, 2.24) is 14.3 Å². The molecule has 0 fully saturated rings. The summed E-state index contributed by atoms with van der Waals surface area (Å²) in [5.41, 5.74) is 1.72. The number of nitrogens with zero attached hydrogens (tertiary/aromatic N) is 2. The summed E-state index contributed by atoms with van der Waals surface area (Å²) in [7, 11) is 0. The van der Waals surface area contributed by atoms with E-state index in [1.807, 2.05) is 24.3 Å². The summed E-state index contributed by atoms with van der Waals surface area (Å²) in [4.78, 5) is 19.7. The number of aromatic nitrogens is 3. The fourth-order valence-corrected chi connectivity index (χ4v) is 2.78. The first-order chi connectivity index (χ1) is 10.3. The Labute approximate surface area is 126 Å². The topological polar surface area (TPSA) is 70.7 Å². The van der Waals surface area contributed by atoms with Gasteiger partial charge in [-0.05, 0) is 18.6 Å². The van der Waals surface area contributed by atoms with Crippen LogP contribution in [0.4, 0.5) is 5.13 Å². The number of H-pyrrole nitrogens is 1. The smallest absolute Gasteiger partial charge is 0.202 e. The van der Waals surface area contributed by atoms with Crippen molar-refractivity contribution in [3.63, 3.8) is 0 Å². The van der Waals surface area contributed by atoms with Crippen molar-refractivity contribution in [2.75, 3.05) is 5.32 Å². The Bertz CT molecular complexity index is 809. The number of anilines is 1. The molecule has 0 aliphatic carbocycles. The summed E-state index contributed by atoms with van der Waals surface area (Å²) in [6.45, 7) is 2.63. The molecule has 108 valence electrons. The van der Waals surface area contributed by atoms with Crippen LogP contribution in [-0.4, -0.2) is 14.3 Å². The maximum atomic E-state index is 12.0. The zero-order valence-electron chi connectivity index (χ0n) is 11.7. The van der Waals surface area contributed by atoms with Gasteiger partial charge in [0.2, 0.25) is 5.13 Å². The predicted molar refractivity (Wildman–Crippen MR) is 85.8 cm³/mol. The van der Waals surface area contributed by atoms with Crippen molar-refractivity contribution in [3.05, 3.63) is 52.1 Å². The van der Waals surface area contributed by atoms with Gasteiger partial charge in [0.25, 0.3) is 0 Å². The maximum Gasteiger partial charge on any atom is 0.202 e. The molecule has 6 heteroatoms. The van der Waals surface area contributed by atoms with E-state index in [1.54, 1.807) is 6.07 Å². The van der Waals surface area contributed by atoms with Crippen LogP contribution in [0.2, 0.25) is 0 Å². The van der Waals surface area contributed by atoms with Gasteiger partial charge < -0.3 is 10.3 Å². The third kappa shape index (κ3) is 3.11. The number of aromatic amines is 1. The number of fused-ring (bicyclic) bond motifs is 1. The van der Waals surface area contributed by atoms with Crippen LogP contribution in [-0.2, 0) is 13.0 Å². The molecule has 0 atom stereocenters. The van der Waals surface area contributed by atoms with Gasteiger partial charge in [0.15, 0.2) is 5.43 Å². The minimum Gasteiger partial charge on any atom is -0.357 e. The van der Waals surface area contributed by atoms with Crippen LogP contribution in [0, 0.1) is 0 Å². The fraction of sp³-hybridized carbons (Fsp3) is 0.267. The maximum absolute atomic E-state index is 12.0. The van der Waals surface area contributed by atoms with Crippen LogP contribution in [0.15, 0.2) is 35.1 Å². The lowest BCUT2D eigenvalue weighted by Crippen LogP contribution is -2.08. The predicted octanol–water partition coefficient (Wildman–Crippen LogP) is 2.94. The normalized spacial score (nSPS) is 10.9. The van der Waals surface area contributed by atoms with Crippen LogP contribution in [0.3, 0.4) is 0 Å². The van der Waals surface area contributed by atoms with E-state index in [0.717, 1.165) is 35.0 Å². The van der Waals surface area contributed by atoms with Crippen LogP contribution in [0.5, 0.6) is 0 Å². The number of hydrogen-bond donors (Lipinski definition) is 2. The number of aryl methyl sites for hydroxylation is 1. The quantitative estimate of drug-likeness (QED) is 0.760. The number of benzene rings is 1. The summed E-state index contributed by atoms with van der Waals surface area (Å²) >= 11 is 1.35. The van der Waals surface area contributed by atoms with Gasteiger partial charge in [0, 0.05) is 40.6 Å². The molecule has 0 spiro atoms. The highest BCUT2D eigenvalue weighted by Gasteiger charge is 2.05. The van der Waals surface area contributed by atoms with Gasteiger partial charge in [-0.15, -0.1) is 0 Å². The van der Waals surface area contributed by atoms with E-state index in [9.17, 15) is 4.79 Å². The number of nitrogens with one attached hydrogen (secondary N) is 2. The summed E-state index contributed by atoms with van der Waals surface area (Å²) in [5.74, 6) is 0.872. The SMILES string of the molecule is CCCc1nsc(NCc2cc(=O)c3ccccc3[nH]2)n1. The van der Waals surface area contributed by atoms with Gasteiger partial charge in [-0.2, -0.15) is 4.37 Å². The zero-order valence-corrected chi connectivity index (χ0v) is 12.5. The summed E-state index contributed by atoms with van der Waals surface area (Å²) in [6, 6.07) is 9.14. The Hall–Kier alpha value is -2.21. The zero-order chi connectivity index (χ0) is 14.7. The lowest BCUT2D eigenvalue weighted by atomic mass is 10.2. The summed E-state index contributed by atoms with van der Waals surface area (Å²) in [6.07, 6.45) is 1.93. The lowest BCUT2D eigenvalue weighted by Gasteiger charge is -2.04. The highest BCUT2D eigenvalue weighted by Crippen LogP contribution is 2.14. The molecular weight excluding hydrogens is 284 g/mol. The molecule has 5 nitrogen and oxygen atoms in total. The molecule has 0 aliphatic heterocycles. The Kier molecular flexibility index (Phi) is 3.96. The minimum absolute atomic E-state index is 0.0325. The van der Waals surface area contributed by atoms with E-state index in [2.05, 4.69) is 26.6 Å². The van der Waals surface area contributed by atoms with Crippen molar-refractivity contribution in [1.29, 1.82) is 0 Å². The molecule has 2 N–H and O–H groups in total. The molecule has 0 unspecified atom stereocenters. The third-order valence-electron chi connectivity index (χ3n) is 3.16. The molecule has 0 radical (unpaired) electrons. The van der Waals surface area contributed by atoms with Gasteiger partial charge in [-0.1, -0.05) is 19.1 Å². The molecule has 0 aliphatic rings. The van der Waals surface area contributed by atoms with E-state index in [0.29, 0.717) is 11.9 Å². The Morgan fingerprint density at radius 3 is 3.05 bits per heavy atom. The van der Waals surface area contributed by atoms with Gasteiger partial charge >= 0.3 is 0 Å². The molecule has 0 amide bonds. The van der Waals surface area contributed by atoms with E-state index >= 15 is 0 Å². The monoisotopic (exact) mass is 300 g/mol. The van der Waals surface area contributed by atoms with Crippen molar-refractivity contribution in [2.45, 2.75) is 26.3 Å². The molecule has 2 aromatic heterocycles. The number of rotatable bonds is 5. The average molecular weight is 300 g/mol. The van der Waals surface area contributed by atoms with Crippen molar-refractivity contribution >= 4 is 27.6 Å². The van der Waals surface area contributed by atoms with Crippen molar-refractivity contribution in [2.24, 2.45) is 0 Å². The Morgan fingerprint density at radius 1 is 1.33 bits per heavy atom. The number of pyridine rings is 1. The highest BCUT2D eigenvalue weighted by molar-refractivity contribution is 7.09. The second kappa shape index (κ2) is 6.05. The van der Waals surface area contributed by atoms with Crippen LogP contribution in [0.25, 0.3) is 10.9 Å². The first kappa shape index (κ1) is 13.8. The summed E-state index contributed by atoms with van der Waals surface area (Å²) < 4.78 is 4.28. The summed E-state index contributed by atoms with van der Waals surface area (Å²) in [5, 5.41) is 4.70. The fourth-order valence-electron chi connectivity index (χ4n) is 2.17. The molecule has 0 bridgehead atoms. The van der Waals surface area contributed by atoms with E-state index in [4.69, 9.17) is 0 Å². The second-order valence-electron chi connectivity index (χ2n) is 4.82. The molecule has 3 rings (SSSR count). The van der Waals surface area contributed by atoms with Gasteiger partial charge in [0.1, 0.15) is 5.82 Å². The minimum atomic E-state index is 0.0325. The van der Waals surface area contributed by atoms with Crippen LogP contribution < -0.4 is 10.7 Å². The Balaban J connectivity index is 1.77. The molecule has 2 heterocycles. The van der Waals surface area contributed by atoms with E-state index < -0.39 is 0 Å². The largest absolute Gasteiger partial charge is 0.357 e. The molecule has 3 aromatic rings. The average Bonchev–Trinajstić information content (AvgIpc) is 2.93. The van der Waals surface area contributed by atoms with Crippen molar-refractivity contribution < 1.29 is 0 Å². The number of para-hydroxylation sites is 1. The van der Waals surface area contributed by atoms with Crippen LogP contribution >= 0.6 is 11.5 Å². The standard InChI is InChI=1S/C15H16N4OS/c1-2-5-14-18-15(21-19-14)16-9-10-8-13(20)11-6-3-4-7-12(11)17-10/h3-4,6-8H,2,5,9H2,1H3,(H,17,20)(H,16,18,19). The third-order valence-corrected chi connectivity index (χ3v) is 3.88. The van der Waals surface area contributed by atoms with E-state index in [-0.39, 0.29) is 5.43 Å². The second-order valence-corrected chi connectivity index (χ2v) is 5.58. The molecular formula is C15H16N4OS. The van der Waals surface area contributed by atoms with E-state index in [1.165, 1.54) is 11.5 Å². The molecule has 0 saturated carbocycles. The van der Waals surface area contributed by atoms with Gasteiger partial charge in [0.05, 0.1) is 6.54 Å². The van der Waals surface area contributed by atoms with Gasteiger partial charge in [-0.3, -0.25) is 4.79 Å². The van der Waals surface area contributed by atoms with Crippen LogP contribution in [0.1, 0.15) is 24.9 Å². The highest BCUT2D eigenvalue weighted by atomic mass is 32.1. The van der Waals surface area contributed by atoms with Crippen molar-refractivity contribution in [3.8, 4) is 0 Å². The molecule has 0 saturated heterocycles. The lowest BCUT2D eigenvalue weighted by molar-refractivity contribution is 0.860. The number of hydrogen-bond acceptors (Lipinski definition) is 5. The first-order valence-electron chi connectivity index (χ1n) is 6.93. The molecule has 21 heavy (non-hydrogen) atoms. The molecule has 1 aromatic carbocycles. The first-order valence-corrected chi connectivity index (χ1v) is 7.71. The van der Waals surface area contributed by atoms with Gasteiger partial charge in [-0.25, -0.2) is 4.98 Å².